The molecule has 2 rings (SSSR count). The molecular weight excluding hydrogens is 184 g/mol. The predicted molar refractivity (Wildman–Crippen MR) is 66.3 cm³/mol. The molecule has 80 valence electrons. The Balaban J connectivity index is 2.28. The summed E-state index contributed by atoms with van der Waals surface area (Å²) in [5.41, 5.74) is 2.54. The third-order valence-corrected chi connectivity index (χ3v) is 2.92. The Morgan fingerprint density at radius 3 is 2.80 bits per heavy atom. The Hall–Kier alpha value is -1.44. The Bertz CT molecular complexity index is 454. The zero-order chi connectivity index (χ0) is 10.9. The summed E-state index contributed by atoms with van der Waals surface area (Å²) in [5, 5.41) is 4.79. The van der Waals surface area contributed by atoms with Crippen molar-refractivity contribution in [1.82, 2.24) is 4.98 Å². The van der Waals surface area contributed by atoms with E-state index < -0.39 is 0 Å². The van der Waals surface area contributed by atoms with Gasteiger partial charge in [-0.25, -0.2) is 0 Å². The van der Waals surface area contributed by atoms with E-state index in [1.165, 1.54) is 16.6 Å². The molecule has 1 heterocycles. The van der Waals surface area contributed by atoms with Crippen LogP contribution in [0.4, 0.5) is 5.69 Å². The first kappa shape index (κ1) is 10.1. The number of aromatic nitrogens is 1. The zero-order valence-electron chi connectivity index (χ0n) is 9.59. The van der Waals surface area contributed by atoms with Crippen molar-refractivity contribution in [3.05, 3.63) is 30.5 Å². The van der Waals surface area contributed by atoms with E-state index in [1.54, 1.807) is 0 Å². The molecule has 0 aliphatic carbocycles. The Kier molecular flexibility index (Phi) is 2.43. The second kappa shape index (κ2) is 3.61. The smallest absolute Gasteiger partial charge is 0.0455 e. The molecule has 0 bridgehead atoms. The molecular formula is C13H18N2. The van der Waals surface area contributed by atoms with Crippen molar-refractivity contribution < 1.29 is 0 Å². The minimum atomic E-state index is 0.157. The summed E-state index contributed by atoms with van der Waals surface area (Å²) in [6, 6.07) is 8.52. The molecule has 0 amide bonds. The van der Waals surface area contributed by atoms with Gasteiger partial charge in [0.15, 0.2) is 0 Å². The average molecular weight is 202 g/mol. The third kappa shape index (κ3) is 2.14. The number of hydrogen-bond donors (Lipinski definition) is 2. The lowest BCUT2D eigenvalue weighted by molar-refractivity contribution is 0.547. The fourth-order valence-electron chi connectivity index (χ4n) is 1.61. The Morgan fingerprint density at radius 1 is 1.27 bits per heavy atom. The fourth-order valence-corrected chi connectivity index (χ4v) is 1.61. The molecule has 0 atom stereocenters. The van der Waals surface area contributed by atoms with Gasteiger partial charge in [-0.2, -0.15) is 0 Å². The number of nitrogens with one attached hydrogen (secondary N) is 2. The quantitative estimate of drug-likeness (QED) is 0.779. The van der Waals surface area contributed by atoms with Crippen LogP contribution < -0.4 is 5.32 Å². The normalized spacial score (nSPS) is 11.9. The molecule has 0 aliphatic rings. The second-order valence-corrected chi connectivity index (χ2v) is 4.64. The SMILES string of the molecule is CCC(C)(C)Nc1ccc2[nH]ccc2c1. The van der Waals surface area contributed by atoms with E-state index in [2.05, 4.69) is 55.3 Å². The maximum atomic E-state index is 3.54. The van der Waals surface area contributed by atoms with Gasteiger partial charge < -0.3 is 10.3 Å². The largest absolute Gasteiger partial charge is 0.380 e. The average Bonchev–Trinajstić information content (AvgIpc) is 2.64. The minimum absolute atomic E-state index is 0.157. The summed E-state index contributed by atoms with van der Waals surface area (Å²) >= 11 is 0. The molecule has 0 radical (unpaired) electrons. The first-order valence-corrected chi connectivity index (χ1v) is 5.46. The molecule has 2 aromatic rings. The molecule has 0 aliphatic heterocycles. The number of benzene rings is 1. The lowest BCUT2D eigenvalue weighted by Crippen LogP contribution is -2.29. The summed E-state index contributed by atoms with van der Waals surface area (Å²) in [7, 11) is 0. The van der Waals surface area contributed by atoms with Crippen LogP contribution in [0.1, 0.15) is 27.2 Å². The topological polar surface area (TPSA) is 27.8 Å². The highest BCUT2D eigenvalue weighted by Gasteiger charge is 2.13. The number of fused-ring (bicyclic) bond motifs is 1. The number of hydrogen-bond acceptors (Lipinski definition) is 1. The Morgan fingerprint density at radius 2 is 2.07 bits per heavy atom. The van der Waals surface area contributed by atoms with E-state index in [1.807, 2.05) is 6.20 Å². The predicted octanol–water partition coefficient (Wildman–Crippen LogP) is 3.77. The van der Waals surface area contributed by atoms with Gasteiger partial charge in [0.25, 0.3) is 0 Å². The van der Waals surface area contributed by atoms with Gasteiger partial charge in [-0.15, -0.1) is 0 Å². The van der Waals surface area contributed by atoms with Crippen molar-refractivity contribution in [3.63, 3.8) is 0 Å². The van der Waals surface area contributed by atoms with Gasteiger partial charge in [0.05, 0.1) is 0 Å². The highest BCUT2D eigenvalue weighted by Crippen LogP contribution is 2.22. The number of anilines is 1. The zero-order valence-corrected chi connectivity index (χ0v) is 9.59. The lowest BCUT2D eigenvalue weighted by atomic mass is 10.0. The molecule has 2 N–H and O–H groups in total. The highest BCUT2D eigenvalue weighted by molar-refractivity contribution is 5.83. The van der Waals surface area contributed by atoms with E-state index in [0.29, 0.717) is 0 Å². The second-order valence-electron chi connectivity index (χ2n) is 4.64. The maximum absolute atomic E-state index is 3.54. The number of aromatic amines is 1. The monoisotopic (exact) mass is 202 g/mol. The van der Waals surface area contributed by atoms with Crippen molar-refractivity contribution in [2.75, 3.05) is 5.32 Å². The summed E-state index contributed by atoms with van der Waals surface area (Å²) in [6.07, 6.45) is 3.08. The molecule has 0 saturated heterocycles. The molecule has 2 nitrogen and oxygen atoms in total. The first-order valence-electron chi connectivity index (χ1n) is 5.46. The van der Waals surface area contributed by atoms with Crippen LogP contribution in [0.3, 0.4) is 0 Å². The molecule has 15 heavy (non-hydrogen) atoms. The lowest BCUT2D eigenvalue weighted by Gasteiger charge is -2.25. The fraction of sp³-hybridized carbons (Fsp3) is 0.385. The minimum Gasteiger partial charge on any atom is -0.380 e. The van der Waals surface area contributed by atoms with Gasteiger partial charge in [0.2, 0.25) is 0 Å². The molecule has 2 heteroatoms. The Labute approximate surface area is 90.7 Å². The highest BCUT2D eigenvalue weighted by atomic mass is 15.0. The first-order chi connectivity index (χ1) is 7.11. The van der Waals surface area contributed by atoms with Crippen LogP contribution in [0.15, 0.2) is 30.5 Å². The number of H-pyrrole nitrogens is 1. The van der Waals surface area contributed by atoms with Gasteiger partial charge in [-0.05, 0) is 44.5 Å². The van der Waals surface area contributed by atoms with Crippen molar-refractivity contribution in [2.24, 2.45) is 0 Å². The maximum Gasteiger partial charge on any atom is 0.0455 e. The van der Waals surface area contributed by atoms with E-state index in [-0.39, 0.29) is 5.54 Å². The van der Waals surface area contributed by atoms with Crippen molar-refractivity contribution in [1.29, 1.82) is 0 Å². The molecule has 0 fully saturated rings. The summed E-state index contributed by atoms with van der Waals surface area (Å²) < 4.78 is 0. The van der Waals surface area contributed by atoms with Gasteiger partial charge in [0.1, 0.15) is 0 Å². The van der Waals surface area contributed by atoms with Crippen LogP contribution in [-0.2, 0) is 0 Å². The third-order valence-electron chi connectivity index (χ3n) is 2.92. The summed E-state index contributed by atoms with van der Waals surface area (Å²) in [4.78, 5) is 3.20. The van der Waals surface area contributed by atoms with Crippen LogP contribution in [0, 0.1) is 0 Å². The van der Waals surface area contributed by atoms with Crippen molar-refractivity contribution in [3.8, 4) is 0 Å². The number of rotatable bonds is 3. The van der Waals surface area contributed by atoms with Gasteiger partial charge >= 0.3 is 0 Å². The van der Waals surface area contributed by atoms with Crippen molar-refractivity contribution in [2.45, 2.75) is 32.7 Å². The molecule has 0 saturated carbocycles. The van der Waals surface area contributed by atoms with Crippen LogP contribution in [0.2, 0.25) is 0 Å². The van der Waals surface area contributed by atoms with Crippen LogP contribution >= 0.6 is 0 Å². The molecule has 0 spiro atoms. The van der Waals surface area contributed by atoms with Gasteiger partial charge in [-0.1, -0.05) is 6.92 Å². The van der Waals surface area contributed by atoms with Crippen LogP contribution in [0.5, 0.6) is 0 Å². The summed E-state index contributed by atoms with van der Waals surface area (Å²) in [6.45, 7) is 6.63. The van der Waals surface area contributed by atoms with Crippen LogP contribution in [0.25, 0.3) is 10.9 Å². The van der Waals surface area contributed by atoms with E-state index in [4.69, 9.17) is 0 Å². The van der Waals surface area contributed by atoms with E-state index in [9.17, 15) is 0 Å². The van der Waals surface area contributed by atoms with Crippen molar-refractivity contribution >= 4 is 16.6 Å². The van der Waals surface area contributed by atoms with Gasteiger partial charge in [-0.3, -0.25) is 0 Å². The van der Waals surface area contributed by atoms with E-state index in [0.717, 1.165) is 6.42 Å². The van der Waals surface area contributed by atoms with Gasteiger partial charge in [0, 0.05) is 28.3 Å². The van der Waals surface area contributed by atoms with E-state index >= 15 is 0 Å². The molecule has 1 aromatic carbocycles. The standard InChI is InChI=1S/C13H18N2/c1-4-13(2,3)15-11-5-6-12-10(9-11)7-8-14-12/h5-9,14-15H,4H2,1-3H3. The molecule has 0 unspecified atom stereocenters. The summed E-state index contributed by atoms with van der Waals surface area (Å²) in [5.74, 6) is 0. The van der Waals surface area contributed by atoms with Crippen LogP contribution in [-0.4, -0.2) is 10.5 Å². The molecule has 1 aromatic heterocycles.